The summed E-state index contributed by atoms with van der Waals surface area (Å²) in [4.78, 5) is 5.06. The molecule has 0 amide bonds. The molecule has 0 atom stereocenters. The van der Waals surface area contributed by atoms with Gasteiger partial charge >= 0.3 is 0 Å². The number of rotatable bonds is 12. The Morgan fingerprint density at radius 1 is 0.714 bits per heavy atom. The summed E-state index contributed by atoms with van der Waals surface area (Å²) in [5, 5.41) is 0. The van der Waals surface area contributed by atoms with E-state index in [1.54, 1.807) is 0 Å². The molecule has 5 rings (SSSR count). The first kappa shape index (κ1) is 30.2. The molecule has 0 aromatic heterocycles. The van der Waals surface area contributed by atoms with E-state index in [0.29, 0.717) is 22.7 Å². The molecular weight excluding hydrogens is 538 g/mol. The summed E-state index contributed by atoms with van der Waals surface area (Å²) in [6.07, 6.45) is 11.8. The number of hydrogen-bond acceptors (Lipinski definition) is 8. The van der Waals surface area contributed by atoms with Gasteiger partial charge in [0, 0.05) is 48.7 Å². The minimum absolute atomic E-state index is 0.563. The summed E-state index contributed by atoms with van der Waals surface area (Å²) < 4.78 is 3.09. The molecule has 0 spiro atoms. The number of nitrogen functional groups attached to an aromatic ring is 3. The number of unbranched alkanes of at least 4 members (excludes halogenated alkanes) is 4. The van der Waals surface area contributed by atoms with Gasteiger partial charge in [-0.3, -0.25) is 5.84 Å². The Morgan fingerprint density at radius 2 is 1.19 bits per heavy atom. The van der Waals surface area contributed by atoms with Gasteiger partial charge in [0.2, 0.25) is 0 Å². The molecule has 7 nitrogen and oxygen atoms in total. The number of aryl methyl sites for hydroxylation is 2. The second kappa shape index (κ2) is 13.8. The van der Waals surface area contributed by atoms with Gasteiger partial charge in [-0.05, 0) is 85.0 Å². The zero-order chi connectivity index (χ0) is 29.6. The highest BCUT2D eigenvalue weighted by molar-refractivity contribution is 7.81. The summed E-state index contributed by atoms with van der Waals surface area (Å²) in [6.45, 7) is 8.94. The summed E-state index contributed by atoms with van der Waals surface area (Å²) in [6, 6.07) is 13.3. The molecular formula is C34H49N7S. The average Bonchev–Trinajstić information content (AvgIpc) is 3.01. The molecule has 0 saturated heterocycles. The molecule has 0 aliphatic carbocycles. The number of fused-ring (bicyclic) bond motifs is 2. The molecule has 0 radical (unpaired) electrons. The molecule has 2 aliphatic rings. The van der Waals surface area contributed by atoms with Crippen LogP contribution in [0.3, 0.4) is 0 Å². The standard InChI is InChI=1S/C34H49N7S/c1-3-5-7-17-40-19-9-11-23-21-25(13-15-27(23)40)29-32(36)34(39-42)30(31(35)33(29)38-37)26-14-16-28-24(22-26)12-10-20-41(28)18-8-6-4-2/h13-16,21-22,38-39,42H,3-12,17-20,35-37H2,1-2H3. The van der Waals surface area contributed by atoms with Crippen molar-refractivity contribution in [1.82, 2.24) is 0 Å². The van der Waals surface area contributed by atoms with E-state index in [9.17, 15) is 0 Å². The number of benzene rings is 3. The highest BCUT2D eigenvalue weighted by Crippen LogP contribution is 2.51. The van der Waals surface area contributed by atoms with Crippen LogP contribution in [0.2, 0.25) is 0 Å². The van der Waals surface area contributed by atoms with Crippen molar-refractivity contribution < 1.29 is 0 Å². The minimum atomic E-state index is 0.563. The van der Waals surface area contributed by atoms with Crippen molar-refractivity contribution in [2.75, 3.05) is 57.6 Å². The highest BCUT2D eigenvalue weighted by Gasteiger charge is 2.26. The largest absolute Gasteiger partial charge is 0.396 e. The van der Waals surface area contributed by atoms with Gasteiger partial charge in [-0.1, -0.05) is 64.5 Å². The van der Waals surface area contributed by atoms with E-state index < -0.39 is 0 Å². The maximum Gasteiger partial charge on any atom is 0.0824 e. The third-order valence-corrected chi connectivity index (χ3v) is 9.29. The Kier molecular flexibility index (Phi) is 9.95. The predicted octanol–water partition coefficient (Wildman–Crippen LogP) is 7.61. The van der Waals surface area contributed by atoms with Gasteiger partial charge < -0.3 is 31.4 Å². The molecule has 0 unspecified atom stereocenters. The van der Waals surface area contributed by atoms with Crippen LogP contribution in [-0.2, 0) is 12.8 Å². The molecule has 8 heteroatoms. The lowest BCUT2D eigenvalue weighted by Gasteiger charge is -2.32. The van der Waals surface area contributed by atoms with Crippen molar-refractivity contribution in [3.63, 3.8) is 0 Å². The van der Waals surface area contributed by atoms with Gasteiger partial charge in [-0.25, -0.2) is 0 Å². The Bertz CT molecular complexity index is 1280. The van der Waals surface area contributed by atoms with Crippen molar-refractivity contribution >= 4 is 46.9 Å². The van der Waals surface area contributed by atoms with Crippen molar-refractivity contribution in [2.45, 2.75) is 78.1 Å². The zero-order valence-electron chi connectivity index (χ0n) is 25.4. The Hall–Kier alpha value is -3.23. The summed E-state index contributed by atoms with van der Waals surface area (Å²) in [5.41, 5.74) is 28.3. The molecule has 2 heterocycles. The highest BCUT2D eigenvalue weighted by atomic mass is 32.1. The van der Waals surface area contributed by atoms with E-state index in [2.05, 4.69) is 83.0 Å². The third kappa shape index (κ3) is 5.97. The number of nitrogens with two attached hydrogens (primary N) is 3. The van der Waals surface area contributed by atoms with Crippen LogP contribution in [-0.4, -0.2) is 26.2 Å². The minimum Gasteiger partial charge on any atom is -0.396 e. The van der Waals surface area contributed by atoms with E-state index in [0.717, 1.165) is 74.1 Å². The zero-order valence-corrected chi connectivity index (χ0v) is 26.3. The SMILES string of the molecule is CCCCCN1CCCc2cc(-c3c(N)c(NS)c(-c4ccc5c(c4)CCCN5CCCCC)c(N)c3NN)ccc21. The van der Waals surface area contributed by atoms with Gasteiger partial charge in [-0.15, -0.1) is 0 Å². The lowest BCUT2D eigenvalue weighted by atomic mass is 9.89. The number of nitrogens with zero attached hydrogens (tertiary/aromatic N) is 2. The number of hydrogen-bond donors (Lipinski definition) is 6. The topological polar surface area (TPSA) is 109 Å². The second-order valence-corrected chi connectivity index (χ2v) is 12.1. The predicted molar refractivity (Wildman–Crippen MR) is 187 cm³/mol. The monoisotopic (exact) mass is 587 g/mol. The fourth-order valence-corrected chi connectivity index (χ4v) is 7.12. The molecule has 2 aliphatic heterocycles. The van der Waals surface area contributed by atoms with Crippen LogP contribution in [0.1, 0.15) is 76.3 Å². The van der Waals surface area contributed by atoms with E-state index in [1.165, 1.54) is 61.0 Å². The van der Waals surface area contributed by atoms with Crippen molar-refractivity contribution in [3.05, 3.63) is 47.5 Å². The summed E-state index contributed by atoms with van der Waals surface area (Å²) >= 11 is 4.51. The van der Waals surface area contributed by atoms with Crippen LogP contribution < -0.4 is 37.3 Å². The number of thiol groups is 1. The fraction of sp³-hybridized carbons (Fsp3) is 0.471. The second-order valence-electron chi connectivity index (χ2n) is 11.9. The maximum atomic E-state index is 6.94. The summed E-state index contributed by atoms with van der Waals surface area (Å²) in [5.74, 6) is 6.17. The summed E-state index contributed by atoms with van der Waals surface area (Å²) in [7, 11) is 0. The average molecular weight is 588 g/mol. The fourth-order valence-electron chi connectivity index (χ4n) is 6.89. The lowest BCUT2D eigenvalue weighted by Crippen LogP contribution is -2.30. The van der Waals surface area contributed by atoms with Gasteiger partial charge in [0.05, 0.1) is 22.7 Å². The van der Waals surface area contributed by atoms with Crippen molar-refractivity contribution in [3.8, 4) is 22.3 Å². The molecule has 0 fully saturated rings. The first-order chi connectivity index (χ1) is 20.5. The molecule has 0 saturated carbocycles. The molecule has 3 aromatic carbocycles. The molecule has 0 bridgehead atoms. The van der Waals surface area contributed by atoms with Crippen LogP contribution in [0.15, 0.2) is 36.4 Å². The Balaban J connectivity index is 1.54. The van der Waals surface area contributed by atoms with E-state index in [-0.39, 0.29) is 0 Å². The molecule has 3 aromatic rings. The van der Waals surface area contributed by atoms with Crippen LogP contribution >= 0.6 is 12.8 Å². The van der Waals surface area contributed by atoms with Crippen LogP contribution in [0.4, 0.5) is 34.1 Å². The Labute approximate surface area is 257 Å². The first-order valence-corrected chi connectivity index (χ1v) is 16.3. The lowest BCUT2D eigenvalue weighted by molar-refractivity contribution is 0.638. The third-order valence-electron chi connectivity index (χ3n) is 9.06. The van der Waals surface area contributed by atoms with Crippen LogP contribution in [0.25, 0.3) is 22.3 Å². The first-order valence-electron chi connectivity index (χ1n) is 15.9. The number of hydrazine groups is 1. The van der Waals surface area contributed by atoms with E-state index in [1.807, 2.05) is 0 Å². The molecule has 226 valence electrons. The van der Waals surface area contributed by atoms with Crippen molar-refractivity contribution in [2.24, 2.45) is 5.84 Å². The van der Waals surface area contributed by atoms with E-state index in [4.69, 9.17) is 17.3 Å². The normalized spacial score (nSPS) is 14.5. The van der Waals surface area contributed by atoms with Gasteiger partial charge in [0.15, 0.2) is 0 Å². The van der Waals surface area contributed by atoms with Gasteiger partial charge in [0.1, 0.15) is 0 Å². The van der Waals surface area contributed by atoms with Crippen LogP contribution in [0.5, 0.6) is 0 Å². The Morgan fingerprint density at radius 3 is 1.64 bits per heavy atom. The van der Waals surface area contributed by atoms with Gasteiger partial charge in [0.25, 0.3) is 0 Å². The van der Waals surface area contributed by atoms with Gasteiger partial charge in [-0.2, -0.15) is 0 Å². The quantitative estimate of drug-likeness (QED) is 0.0425. The van der Waals surface area contributed by atoms with Crippen LogP contribution in [0, 0.1) is 0 Å². The number of anilines is 6. The molecule has 8 N–H and O–H groups in total. The maximum absolute atomic E-state index is 6.94. The van der Waals surface area contributed by atoms with E-state index >= 15 is 0 Å². The number of nitrogens with one attached hydrogen (secondary N) is 2. The van der Waals surface area contributed by atoms with Crippen molar-refractivity contribution in [1.29, 1.82) is 0 Å². The molecule has 42 heavy (non-hydrogen) atoms. The smallest absolute Gasteiger partial charge is 0.0824 e.